The van der Waals surface area contributed by atoms with Crippen LogP contribution in [0.25, 0.3) is 10.3 Å². The lowest BCUT2D eigenvalue weighted by Crippen LogP contribution is -2.38. The smallest absolute Gasteiger partial charge is 0.410 e. The van der Waals surface area contributed by atoms with Gasteiger partial charge in [0.1, 0.15) is 11.4 Å². The Morgan fingerprint density at radius 2 is 2.00 bits per heavy atom. The van der Waals surface area contributed by atoms with Gasteiger partial charge in [-0.25, -0.2) is 14.8 Å². The molecule has 1 amide bonds. The number of fused-ring (bicyclic) bond motifs is 1. The van der Waals surface area contributed by atoms with Gasteiger partial charge in [0, 0.05) is 14.1 Å². The zero-order chi connectivity index (χ0) is 18.2. The van der Waals surface area contributed by atoms with Crippen LogP contribution in [-0.4, -0.2) is 44.4 Å². The summed E-state index contributed by atoms with van der Waals surface area (Å²) in [6.45, 7) is 7.24. The molecule has 0 saturated heterocycles. The van der Waals surface area contributed by atoms with Crippen LogP contribution in [0.4, 0.5) is 4.79 Å². The molecule has 0 fully saturated rings. The van der Waals surface area contributed by atoms with Crippen molar-refractivity contribution in [2.75, 3.05) is 13.3 Å². The normalized spacial score (nSPS) is 13.1. The van der Waals surface area contributed by atoms with E-state index in [4.69, 9.17) is 4.74 Å². The summed E-state index contributed by atoms with van der Waals surface area (Å²) in [7, 11) is 3.27. The second kappa shape index (κ2) is 6.72. The molecule has 24 heavy (non-hydrogen) atoms. The number of thioether (sulfide) groups is 1. The molecule has 1 atom stereocenters. The van der Waals surface area contributed by atoms with Crippen LogP contribution in [0.5, 0.6) is 0 Å². The van der Waals surface area contributed by atoms with Crippen molar-refractivity contribution in [2.45, 2.75) is 43.7 Å². The summed E-state index contributed by atoms with van der Waals surface area (Å²) in [5, 5.41) is 0. The van der Waals surface area contributed by atoms with Crippen LogP contribution in [0.3, 0.4) is 0 Å². The summed E-state index contributed by atoms with van der Waals surface area (Å²) in [4.78, 5) is 35.7. The number of rotatable bonds is 3. The number of hydrogen-bond donors (Lipinski definition) is 0. The van der Waals surface area contributed by atoms with E-state index in [9.17, 15) is 9.59 Å². The monoisotopic (exact) mass is 370 g/mol. The highest BCUT2D eigenvalue weighted by Crippen LogP contribution is 2.27. The van der Waals surface area contributed by atoms with E-state index < -0.39 is 17.7 Å². The second-order valence-electron chi connectivity index (χ2n) is 6.44. The highest BCUT2D eigenvalue weighted by Gasteiger charge is 2.27. The lowest BCUT2D eigenvalue weighted by atomic mass is 10.2. The molecule has 0 aromatic carbocycles. The van der Waals surface area contributed by atoms with E-state index in [0.29, 0.717) is 16.2 Å². The van der Waals surface area contributed by atoms with Gasteiger partial charge in [-0.1, -0.05) is 23.1 Å². The average Bonchev–Trinajstić information content (AvgIpc) is 2.91. The fraction of sp³-hybridized carbons (Fsp3) is 0.600. The summed E-state index contributed by atoms with van der Waals surface area (Å²) in [5.41, 5.74) is -0.432. The van der Waals surface area contributed by atoms with E-state index in [0.717, 1.165) is 4.34 Å². The Bertz CT molecular complexity index is 822. The molecule has 0 aliphatic heterocycles. The van der Waals surface area contributed by atoms with Crippen molar-refractivity contribution in [2.24, 2.45) is 7.05 Å². The van der Waals surface area contributed by atoms with E-state index in [1.165, 1.54) is 32.6 Å². The van der Waals surface area contributed by atoms with Crippen LogP contribution < -0.4 is 5.56 Å². The first-order valence-corrected chi connectivity index (χ1v) is 9.46. The number of nitrogens with zero attached hydrogens (tertiary/aromatic N) is 4. The van der Waals surface area contributed by atoms with Crippen molar-refractivity contribution in [3.63, 3.8) is 0 Å². The summed E-state index contributed by atoms with van der Waals surface area (Å²) in [6.07, 6.45) is 1.45. The Morgan fingerprint density at radius 1 is 1.38 bits per heavy atom. The summed E-state index contributed by atoms with van der Waals surface area (Å²) in [5.74, 6) is 0.497. The fourth-order valence-electron chi connectivity index (χ4n) is 2.08. The number of ether oxygens (including phenoxy) is 1. The van der Waals surface area contributed by atoms with Crippen molar-refractivity contribution in [1.82, 2.24) is 19.4 Å². The van der Waals surface area contributed by atoms with Crippen molar-refractivity contribution >= 4 is 39.5 Å². The maximum atomic E-state index is 12.5. The number of carbonyl (C=O) groups is 1. The molecule has 9 heteroatoms. The van der Waals surface area contributed by atoms with Gasteiger partial charge in [0.05, 0.1) is 6.04 Å². The SMILES string of the molecule is CSc1nc2c(=O)n(C)c([C@@H](C)N(C)C(=O)OC(C)(C)C)nc2s1. The standard InChI is InChI=1S/C15H22N4O3S2/c1-8(18(5)14(21)22-15(2,3)4)10-17-11-9(12(20)19(10)6)16-13(23-7)24-11/h8H,1-7H3/t8-/m1/s1. The number of hydrogen-bond acceptors (Lipinski definition) is 7. The zero-order valence-electron chi connectivity index (χ0n) is 14.9. The first kappa shape index (κ1) is 18.7. The predicted molar refractivity (Wildman–Crippen MR) is 96.8 cm³/mol. The zero-order valence-corrected chi connectivity index (χ0v) is 16.5. The molecule has 132 valence electrons. The van der Waals surface area contributed by atoms with Crippen LogP contribution in [0, 0.1) is 0 Å². The van der Waals surface area contributed by atoms with Gasteiger partial charge in [0.2, 0.25) is 0 Å². The van der Waals surface area contributed by atoms with E-state index in [-0.39, 0.29) is 5.56 Å². The molecule has 0 aliphatic rings. The Balaban J connectivity index is 2.42. The molecule has 0 spiro atoms. The summed E-state index contributed by atoms with van der Waals surface area (Å²) >= 11 is 2.85. The molecule has 0 radical (unpaired) electrons. The van der Waals surface area contributed by atoms with Gasteiger partial charge in [-0.2, -0.15) is 0 Å². The van der Waals surface area contributed by atoms with E-state index >= 15 is 0 Å². The van der Waals surface area contributed by atoms with Crippen LogP contribution in [0.1, 0.15) is 39.6 Å². The Hall–Kier alpha value is -1.61. The highest BCUT2D eigenvalue weighted by molar-refractivity contribution is 8.00. The number of thiazole rings is 1. The van der Waals surface area contributed by atoms with Gasteiger partial charge in [-0.05, 0) is 34.0 Å². The Morgan fingerprint density at radius 3 is 2.54 bits per heavy atom. The van der Waals surface area contributed by atoms with Gasteiger partial charge in [0.25, 0.3) is 5.56 Å². The van der Waals surface area contributed by atoms with Crippen LogP contribution in [-0.2, 0) is 11.8 Å². The fourth-order valence-corrected chi connectivity index (χ4v) is 3.50. The summed E-state index contributed by atoms with van der Waals surface area (Å²) < 4.78 is 7.61. The van der Waals surface area contributed by atoms with E-state index in [1.807, 2.05) is 34.0 Å². The van der Waals surface area contributed by atoms with Crippen molar-refractivity contribution < 1.29 is 9.53 Å². The topological polar surface area (TPSA) is 77.3 Å². The molecule has 7 nitrogen and oxygen atoms in total. The number of carbonyl (C=O) groups excluding carboxylic acids is 1. The first-order chi connectivity index (χ1) is 11.0. The third-order valence-electron chi connectivity index (χ3n) is 3.47. The van der Waals surface area contributed by atoms with Gasteiger partial charge >= 0.3 is 6.09 Å². The van der Waals surface area contributed by atoms with Crippen molar-refractivity contribution in [3.05, 3.63) is 16.2 Å². The lowest BCUT2D eigenvalue weighted by Gasteiger charge is -2.28. The van der Waals surface area contributed by atoms with Crippen LogP contribution in [0.2, 0.25) is 0 Å². The molecule has 2 heterocycles. The molecule has 2 rings (SSSR count). The average molecular weight is 371 g/mol. The predicted octanol–water partition coefficient (Wildman–Crippen LogP) is 3.04. The molecule has 2 aromatic heterocycles. The lowest BCUT2D eigenvalue weighted by molar-refractivity contribution is 0.0224. The van der Waals surface area contributed by atoms with Gasteiger partial charge in [-0.3, -0.25) is 9.36 Å². The number of aromatic nitrogens is 3. The third kappa shape index (κ3) is 3.72. The first-order valence-electron chi connectivity index (χ1n) is 7.42. The maximum Gasteiger partial charge on any atom is 0.410 e. The molecule has 0 bridgehead atoms. The largest absolute Gasteiger partial charge is 0.444 e. The van der Waals surface area contributed by atoms with Crippen LogP contribution >= 0.6 is 23.1 Å². The van der Waals surface area contributed by atoms with E-state index in [1.54, 1.807) is 14.1 Å². The quantitative estimate of drug-likeness (QED) is 0.773. The summed E-state index contributed by atoms with van der Waals surface area (Å²) in [6, 6.07) is -0.415. The van der Waals surface area contributed by atoms with E-state index in [2.05, 4.69) is 9.97 Å². The molecule has 2 aromatic rings. The highest BCUT2D eigenvalue weighted by atomic mass is 32.2. The molecule has 0 unspecified atom stereocenters. The second-order valence-corrected chi connectivity index (χ2v) is 8.47. The molecular weight excluding hydrogens is 348 g/mol. The third-order valence-corrected chi connectivity index (χ3v) is 5.40. The molecule has 0 aliphatic carbocycles. The molecular formula is C15H22N4O3S2. The van der Waals surface area contributed by atoms with Gasteiger partial charge < -0.3 is 9.64 Å². The molecule has 0 saturated carbocycles. The number of amides is 1. The van der Waals surface area contributed by atoms with Crippen LogP contribution in [0.15, 0.2) is 9.13 Å². The maximum absolute atomic E-state index is 12.5. The minimum Gasteiger partial charge on any atom is -0.444 e. The Kier molecular flexibility index (Phi) is 5.24. The van der Waals surface area contributed by atoms with Gasteiger partial charge in [-0.15, -0.1) is 0 Å². The molecule has 0 N–H and O–H groups in total. The van der Waals surface area contributed by atoms with Crippen molar-refractivity contribution in [1.29, 1.82) is 0 Å². The van der Waals surface area contributed by atoms with Crippen molar-refractivity contribution in [3.8, 4) is 0 Å². The minimum absolute atomic E-state index is 0.212. The Labute approximate surface area is 149 Å². The minimum atomic E-state index is -0.584. The van der Waals surface area contributed by atoms with Gasteiger partial charge in [0.15, 0.2) is 14.7 Å².